The molecule has 0 spiro atoms. The summed E-state index contributed by atoms with van der Waals surface area (Å²) in [5.41, 5.74) is 7.70. The Morgan fingerprint density at radius 3 is 2.58 bits per heavy atom. The number of nitrogens with zero attached hydrogens (tertiary/aromatic N) is 4. The van der Waals surface area contributed by atoms with E-state index in [1.807, 2.05) is 0 Å². The lowest BCUT2D eigenvalue weighted by molar-refractivity contribution is -0.144. The summed E-state index contributed by atoms with van der Waals surface area (Å²) in [6, 6.07) is -1.41. The second kappa shape index (κ2) is 5.79. The number of carboxylic acids is 1. The number of carbonyl (C=O) groups is 2. The van der Waals surface area contributed by atoms with Gasteiger partial charge in [0.15, 0.2) is 0 Å². The van der Waals surface area contributed by atoms with Crippen LogP contribution in [0.25, 0.3) is 10.4 Å². The molecule has 0 aliphatic carbocycles. The van der Waals surface area contributed by atoms with Gasteiger partial charge in [-0.05, 0) is 39.1 Å². The number of rotatable bonds is 2. The Bertz CT molecular complexity index is 411. The highest BCUT2D eigenvalue weighted by molar-refractivity contribution is 5.80. The van der Waals surface area contributed by atoms with E-state index < -0.39 is 29.7 Å². The molecule has 1 amide bonds. The largest absolute Gasteiger partial charge is 0.480 e. The minimum absolute atomic E-state index is 0.110. The third-order valence-corrected chi connectivity index (χ3v) is 2.70. The molecule has 0 bridgehead atoms. The molecule has 0 aromatic carbocycles. The summed E-state index contributed by atoms with van der Waals surface area (Å²) in [6.07, 6.45) is -0.106. The summed E-state index contributed by atoms with van der Waals surface area (Å²) < 4.78 is 5.17. The number of hydrogen-bond donors (Lipinski definition) is 1. The lowest BCUT2D eigenvalue weighted by Crippen LogP contribution is -2.52. The Morgan fingerprint density at radius 1 is 1.47 bits per heavy atom. The number of likely N-dealkylation sites (tertiary alicyclic amines) is 1. The van der Waals surface area contributed by atoms with E-state index in [0.717, 1.165) is 0 Å². The molecule has 1 heterocycles. The van der Waals surface area contributed by atoms with Gasteiger partial charge in [0.25, 0.3) is 0 Å². The van der Waals surface area contributed by atoms with E-state index in [2.05, 4.69) is 10.0 Å². The number of hydrogen-bond acceptors (Lipinski definition) is 4. The van der Waals surface area contributed by atoms with Crippen LogP contribution in [0.4, 0.5) is 4.79 Å². The van der Waals surface area contributed by atoms with Gasteiger partial charge in [-0.25, -0.2) is 9.59 Å². The van der Waals surface area contributed by atoms with Crippen molar-refractivity contribution in [3.05, 3.63) is 10.4 Å². The highest BCUT2D eigenvalue weighted by Gasteiger charge is 2.37. The highest BCUT2D eigenvalue weighted by atomic mass is 16.6. The van der Waals surface area contributed by atoms with Crippen LogP contribution in [-0.4, -0.2) is 46.3 Å². The summed E-state index contributed by atoms with van der Waals surface area (Å²) in [5.74, 6) is -1.12. The predicted molar refractivity (Wildman–Crippen MR) is 66.5 cm³/mol. The summed E-state index contributed by atoms with van der Waals surface area (Å²) in [5, 5.41) is 12.7. The number of azide groups is 1. The van der Waals surface area contributed by atoms with Gasteiger partial charge in [-0.1, -0.05) is 5.11 Å². The Hall–Kier alpha value is -1.95. The first-order valence-corrected chi connectivity index (χ1v) is 6.01. The van der Waals surface area contributed by atoms with Gasteiger partial charge >= 0.3 is 12.1 Å². The zero-order valence-corrected chi connectivity index (χ0v) is 11.2. The van der Waals surface area contributed by atoms with Crippen LogP contribution in [0, 0.1) is 0 Å². The molecule has 0 aromatic heterocycles. The summed E-state index contributed by atoms with van der Waals surface area (Å²) in [7, 11) is 0. The van der Waals surface area contributed by atoms with Crippen LogP contribution in [-0.2, 0) is 9.53 Å². The quantitative estimate of drug-likeness (QED) is 0.470. The minimum Gasteiger partial charge on any atom is -0.480 e. The van der Waals surface area contributed by atoms with Crippen LogP contribution in [0.1, 0.15) is 33.6 Å². The molecule has 19 heavy (non-hydrogen) atoms. The minimum atomic E-state index is -1.12. The molecule has 0 aromatic rings. The fourth-order valence-corrected chi connectivity index (χ4v) is 1.90. The fourth-order valence-electron chi connectivity index (χ4n) is 1.90. The van der Waals surface area contributed by atoms with Crippen LogP contribution >= 0.6 is 0 Å². The third kappa shape index (κ3) is 4.33. The molecule has 2 atom stereocenters. The zero-order valence-electron chi connectivity index (χ0n) is 11.2. The second-order valence-electron chi connectivity index (χ2n) is 5.41. The zero-order chi connectivity index (χ0) is 14.6. The van der Waals surface area contributed by atoms with Crippen LogP contribution < -0.4 is 0 Å². The molecule has 1 aliphatic heterocycles. The first kappa shape index (κ1) is 15.1. The van der Waals surface area contributed by atoms with Gasteiger partial charge in [-0.3, -0.25) is 4.90 Å². The van der Waals surface area contributed by atoms with Crippen molar-refractivity contribution >= 4 is 12.1 Å². The Labute approximate surface area is 111 Å². The first-order chi connectivity index (χ1) is 8.74. The molecule has 1 rings (SSSR count). The molecular weight excluding hydrogens is 252 g/mol. The summed E-state index contributed by atoms with van der Waals surface area (Å²) in [6.45, 7) is 5.35. The number of carbonyl (C=O) groups excluding carboxylic acids is 1. The van der Waals surface area contributed by atoms with Crippen molar-refractivity contribution < 1.29 is 19.4 Å². The number of piperidine rings is 1. The normalized spacial score (nSPS) is 23.4. The number of ether oxygens (including phenoxy) is 1. The van der Waals surface area contributed by atoms with Crippen molar-refractivity contribution in [1.29, 1.82) is 0 Å². The van der Waals surface area contributed by atoms with Crippen LogP contribution in [0.2, 0.25) is 0 Å². The lowest BCUT2D eigenvalue weighted by atomic mass is 9.98. The summed E-state index contributed by atoms with van der Waals surface area (Å²) in [4.78, 5) is 27.0. The van der Waals surface area contributed by atoms with Crippen molar-refractivity contribution in [2.24, 2.45) is 5.11 Å². The maximum atomic E-state index is 11.9. The number of amides is 1. The van der Waals surface area contributed by atoms with Crippen LogP contribution in [0.5, 0.6) is 0 Å². The topological polar surface area (TPSA) is 116 Å². The maximum Gasteiger partial charge on any atom is 0.411 e. The average Bonchev–Trinajstić information content (AvgIpc) is 2.26. The van der Waals surface area contributed by atoms with E-state index in [9.17, 15) is 9.59 Å². The van der Waals surface area contributed by atoms with Gasteiger partial charge in [0.2, 0.25) is 0 Å². The molecule has 0 radical (unpaired) electrons. The van der Waals surface area contributed by atoms with E-state index in [1.54, 1.807) is 20.8 Å². The Kier molecular flexibility index (Phi) is 4.61. The van der Waals surface area contributed by atoms with Crippen molar-refractivity contribution in [3.8, 4) is 0 Å². The van der Waals surface area contributed by atoms with E-state index in [1.165, 1.54) is 4.90 Å². The summed E-state index contributed by atoms with van der Waals surface area (Å²) >= 11 is 0. The number of aliphatic carboxylic acids is 1. The maximum absolute atomic E-state index is 11.9. The Morgan fingerprint density at radius 2 is 2.11 bits per heavy atom. The van der Waals surface area contributed by atoms with Gasteiger partial charge in [0, 0.05) is 17.5 Å². The first-order valence-electron chi connectivity index (χ1n) is 6.01. The van der Waals surface area contributed by atoms with E-state index in [4.69, 9.17) is 15.4 Å². The van der Waals surface area contributed by atoms with E-state index in [-0.39, 0.29) is 13.0 Å². The second-order valence-corrected chi connectivity index (χ2v) is 5.41. The fraction of sp³-hybridized carbons (Fsp3) is 0.818. The highest BCUT2D eigenvalue weighted by Crippen LogP contribution is 2.23. The van der Waals surface area contributed by atoms with Gasteiger partial charge in [0.1, 0.15) is 11.6 Å². The van der Waals surface area contributed by atoms with Gasteiger partial charge in [0.05, 0.1) is 0 Å². The van der Waals surface area contributed by atoms with Gasteiger partial charge < -0.3 is 9.84 Å². The van der Waals surface area contributed by atoms with Crippen LogP contribution in [0.15, 0.2) is 5.11 Å². The molecular formula is C11H18N4O4. The van der Waals surface area contributed by atoms with E-state index >= 15 is 0 Å². The van der Waals surface area contributed by atoms with Gasteiger partial charge in [-0.15, -0.1) is 0 Å². The monoisotopic (exact) mass is 270 g/mol. The van der Waals surface area contributed by atoms with Crippen LogP contribution in [0.3, 0.4) is 0 Å². The molecule has 1 aliphatic rings. The SMILES string of the molecule is CC(C)(C)OC(=O)N1CC[C@@H](N=[N+]=[N-])C[C@@H]1C(=O)O. The van der Waals surface area contributed by atoms with Crippen molar-refractivity contribution in [3.63, 3.8) is 0 Å². The molecule has 0 saturated carbocycles. The molecule has 8 heteroatoms. The lowest BCUT2D eigenvalue weighted by Gasteiger charge is -2.36. The van der Waals surface area contributed by atoms with Crippen molar-refractivity contribution in [2.75, 3.05) is 6.54 Å². The predicted octanol–water partition coefficient (Wildman–Crippen LogP) is 2.15. The third-order valence-electron chi connectivity index (χ3n) is 2.70. The molecule has 106 valence electrons. The van der Waals surface area contributed by atoms with Crippen molar-refractivity contribution in [1.82, 2.24) is 4.90 Å². The standard InChI is InChI=1S/C11H18N4O4/c1-11(2,3)19-10(18)15-5-4-7(13-14-12)6-8(15)9(16)17/h7-8H,4-6H2,1-3H3,(H,16,17)/t7-,8-/m1/s1. The molecule has 1 saturated heterocycles. The van der Waals surface area contributed by atoms with Gasteiger partial charge in [-0.2, -0.15) is 0 Å². The molecule has 0 unspecified atom stereocenters. The smallest absolute Gasteiger partial charge is 0.411 e. The Balaban J connectivity index is 2.80. The molecule has 8 nitrogen and oxygen atoms in total. The molecule has 1 fully saturated rings. The molecule has 1 N–H and O–H groups in total. The van der Waals surface area contributed by atoms with Crippen molar-refractivity contribution in [2.45, 2.75) is 51.3 Å². The van der Waals surface area contributed by atoms with E-state index in [0.29, 0.717) is 6.42 Å². The average molecular weight is 270 g/mol. The number of carboxylic acid groups (broad SMARTS) is 1.